The Balaban J connectivity index is 2.50. The summed E-state index contributed by atoms with van der Waals surface area (Å²) in [6.07, 6.45) is 0.558. The van der Waals surface area contributed by atoms with Crippen LogP contribution in [0.2, 0.25) is 0 Å². The molecule has 6 heteroatoms. The van der Waals surface area contributed by atoms with Crippen LogP contribution in [-0.4, -0.2) is 46.5 Å². The number of aliphatic hydroxyl groups excluding tert-OH is 2. The van der Waals surface area contributed by atoms with Gasteiger partial charge in [0.1, 0.15) is 12.1 Å². The van der Waals surface area contributed by atoms with Crippen molar-refractivity contribution in [1.82, 2.24) is 9.97 Å². The summed E-state index contributed by atoms with van der Waals surface area (Å²) >= 11 is 0. The summed E-state index contributed by atoms with van der Waals surface area (Å²) in [5, 5.41) is 20.5. The summed E-state index contributed by atoms with van der Waals surface area (Å²) < 4.78 is 4.88. The van der Waals surface area contributed by atoms with Gasteiger partial charge in [0.25, 0.3) is 0 Å². The molecule has 0 spiro atoms. The fourth-order valence-electron chi connectivity index (χ4n) is 0.835. The maximum atomic E-state index is 9.06. The number of methoxy groups -OCH3 is 1. The lowest BCUT2D eigenvalue weighted by Crippen LogP contribution is -2.23. The molecule has 1 atom stereocenters. The molecule has 1 unspecified atom stereocenters. The molecule has 0 aliphatic carbocycles. The standard InChI is InChI=1S/C8H13N3O3/c1-14-8-2-7(10-5-11-8)9-3-6(13)4-12/h2,5-6,12-13H,3-4H2,1H3,(H,9,10,11). The first-order valence-corrected chi connectivity index (χ1v) is 4.15. The fourth-order valence-corrected chi connectivity index (χ4v) is 0.835. The lowest BCUT2D eigenvalue weighted by atomic mass is 10.4. The first kappa shape index (κ1) is 10.7. The second-order valence-corrected chi connectivity index (χ2v) is 2.66. The quantitative estimate of drug-likeness (QED) is 0.578. The van der Waals surface area contributed by atoms with E-state index in [4.69, 9.17) is 14.9 Å². The van der Waals surface area contributed by atoms with Crippen LogP contribution in [0.25, 0.3) is 0 Å². The van der Waals surface area contributed by atoms with E-state index in [1.807, 2.05) is 0 Å². The van der Waals surface area contributed by atoms with Crippen molar-refractivity contribution >= 4 is 5.82 Å². The molecule has 6 nitrogen and oxygen atoms in total. The minimum atomic E-state index is -0.795. The molecule has 0 amide bonds. The SMILES string of the molecule is COc1cc(NCC(O)CO)ncn1. The van der Waals surface area contributed by atoms with Gasteiger partial charge in [0, 0.05) is 12.6 Å². The van der Waals surface area contributed by atoms with Crippen LogP contribution in [0.15, 0.2) is 12.4 Å². The van der Waals surface area contributed by atoms with Crippen LogP contribution in [0.3, 0.4) is 0 Å². The van der Waals surface area contributed by atoms with E-state index in [0.29, 0.717) is 11.7 Å². The monoisotopic (exact) mass is 199 g/mol. The highest BCUT2D eigenvalue weighted by Gasteiger charge is 2.02. The van der Waals surface area contributed by atoms with E-state index in [-0.39, 0.29) is 13.2 Å². The van der Waals surface area contributed by atoms with Crippen LogP contribution < -0.4 is 10.1 Å². The van der Waals surface area contributed by atoms with Gasteiger partial charge in [-0.05, 0) is 0 Å². The highest BCUT2D eigenvalue weighted by atomic mass is 16.5. The van der Waals surface area contributed by atoms with Gasteiger partial charge in [-0.2, -0.15) is 0 Å². The minimum Gasteiger partial charge on any atom is -0.481 e. The molecule has 0 aliphatic rings. The maximum absolute atomic E-state index is 9.06. The van der Waals surface area contributed by atoms with E-state index in [1.54, 1.807) is 6.07 Å². The zero-order valence-corrected chi connectivity index (χ0v) is 7.84. The van der Waals surface area contributed by atoms with Gasteiger partial charge in [-0.3, -0.25) is 0 Å². The Bertz CT molecular complexity index is 282. The minimum absolute atomic E-state index is 0.233. The van der Waals surface area contributed by atoms with Crippen molar-refractivity contribution in [3.05, 3.63) is 12.4 Å². The molecule has 0 aliphatic heterocycles. The summed E-state index contributed by atoms with van der Waals surface area (Å²) in [5.74, 6) is 0.991. The first-order chi connectivity index (χ1) is 6.76. The van der Waals surface area contributed by atoms with Gasteiger partial charge < -0.3 is 20.3 Å². The van der Waals surface area contributed by atoms with Crippen molar-refractivity contribution in [1.29, 1.82) is 0 Å². The molecule has 0 saturated heterocycles. The fraction of sp³-hybridized carbons (Fsp3) is 0.500. The van der Waals surface area contributed by atoms with Crippen molar-refractivity contribution < 1.29 is 14.9 Å². The van der Waals surface area contributed by atoms with Crippen LogP contribution in [-0.2, 0) is 0 Å². The van der Waals surface area contributed by atoms with E-state index >= 15 is 0 Å². The number of ether oxygens (including phenoxy) is 1. The number of aromatic nitrogens is 2. The Kier molecular flexibility index (Phi) is 4.09. The van der Waals surface area contributed by atoms with Gasteiger partial charge >= 0.3 is 0 Å². The Morgan fingerprint density at radius 2 is 2.36 bits per heavy atom. The molecule has 1 rings (SSSR count). The van der Waals surface area contributed by atoms with Gasteiger partial charge in [0.2, 0.25) is 5.88 Å². The van der Waals surface area contributed by atoms with Crippen LogP contribution >= 0.6 is 0 Å². The predicted octanol–water partition coefficient (Wildman–Crippen LogP) is -0.750. The summed E-state index contributed by atoms with van der Waals surface area (Å²) in [7, 11) is 1.51. The average Bonchev–Trinajstić information content (AvgIpc) is 2.26. The molecule has 78 valence electrons. The maximum Gasteiger partial charge on any atom is 0.218 e. The average molecular weight is 199 g/mol. The van der Waals surface area contributed by atoms with Gasteiger partial charge in [-0.15, -0.1) is 0 Å². The molecule has 14 heavy (non-hydrogen) atoms. The Hall–Kier alpha value is -1.40. The molecule has 0 radical (unpaired) electrons. The van der Waals surface area contributed by atoms with Crippen molar-refractivity contribution in [2.24, 2.45) is 0 Å². The van der Waals surface area contributed by atoms with Gasteiger partial charge in [0.15, 0.2) is 0 Å². The summed E-state index contributed by atoms with van der Waals surface area (Å²) in [4.78, 5) is 7.72. The third kappa shape index (κ3) is 3.15. The van der Waals surface area contributed by atoms with Crippen molar-refractivity contribution in [2.45, 2.75) is 6.10 Å². The highest BCUT2D eigenvalue weighted by molar-refractivity contribution is 5.36. The molecule has 1 heterocycles. The number of nitrogens with one attached hydrogen (secondary N) is 1. The smallest absolute Gasteiger partial charge is 0.218 e. The molecule has 1 aromatic rings. The predicted molar refractivity (Wildman–Crippen MR) is 50.2 cm³/mol. The number of aliphatic hydroxyl groups is 2. The summed E-state index contributed by atoms with van der Waals surface area (Å²) in [6, 6.07) is 1.60. The van der Waals surface area contributed by atoms with E-state index < -0.39 is 6.10 Å². The summed E-state index contributed by atoms with van der Waals surface area (Å²) in [6.45, 7) is -0.0497. The number of hydrogen-bond donors (Lipinski definition) is 3. The van der Waals surface area contributed by atoms with E-state index in [9.17, 15) is 0 Å². The third-order valence-electron chi connectivity index (χ3n) is 1.58. The zero-order valence-electron chi connectivity index (χ0n) is 7.84. The lowest BCUT2D eigenvalue weighted by molar-refractivity contribution is 0.105. The molecule has 1 aromatic heterocycles. The van der Waals surface area contributed by atoms with Crippen LogP contribution in [0.4, 0.5) is 5.82 Å². The van der Waals surface area contributed by atoms with Crippen LogP contribution in [0.1, 0.15) is 0 Å². The Morgan fingerprint density at radius 3 is 3.00 bits per heavy atom. The highest BCUT2D eigenvalue weighted by Crippen LogP contribution is 2.09. The van der Waals surface area contributed by atoms with E-state index in [0.717, 1.165) is 0 Å². The molecule has 3 N–H and O–H groups in total. The largest absolute Gasteiger partial charge is 0.481 e. The normalized spacial score (nSPS) is 12.2. The second-order valence-electron chi connectivity index (χ2n) is 2.66. The molecular formula is C8H13N3O3. The molecular weight excluding hydrogens is 186 g/mol. The van der Waals surface area contributed by atoms with Crippen molar-refractivity contribution in [2.75, 3.05) is 25.6 Å². The molecule has 0 saturated carbocycles. The number of rotatable bonds is 5. The van der Waals surface area contributed by atoms with Crippen LogP contribution in [0, 0.1) is 0 Å². The topological polar surface area (TPSA) is 87.5 Å². The first-order valence-electron chi connectivity index (χ1n) is 4.15. The van der Waals surface area contributed by atoms with Crippen molar-refractivity contribution in [3.63, 3.8) is 0 Å². The van der Waals surface area contributed by atoms with Gasteiger partial charge in [-0.25, -0.2) is 9.97 Å². The third-order valence-corrected chi connectivity index (χ3v) is 1.58. The number of hydrogen-bond acceptors (Lipinski definition) is 6. The second kappa shape index (κ2) is 5.36. The molecule has 0 fully saturated rings. The zero-order chi connectivity index (χ0) is 10.4. The number of anilines is 1. The summed E-state index contributed by atoms with van der Waals surface area (Å²) in [5.41, 5.74) is 0. The van der Waals surface area contributed by atoms with Crippen molar-refractivity contribution in [3.8, 4) is 5.88 Å². The lowest BCUT2D eigenvalue weighted by Gasteiger charge is -2.09. The molecule has 0 bridgehead atoms. The number of nitrogens with zero attached hydrogens (tertiary/aromatic N) is 2. The Morgan fingerprint density at radius 1 is 1.57 bits per heavy atom. The van der Waals surface area contributed by atoms with Gasteiger partial charge in [-0.1, -0.05) is 0 Å². The van der Waals surface area contributed by atoms with Gasteiger partial charge in [0.05, 0.1) is 19.8 Å². The Labute approximate surface area is 81.6 Å². The van der Waals surface area contributed by atoms with E-state index in [1.165, 1.54) is 13.4 Å². The molecule has 0 aromatic carbocycles. The van der Waals surface area contributed by atoms with E-state index in [2.05, 4.69) is 15.3 Å². The van der Waals surface area contributed by atoms with Crippen LogP contribution in [0.5, 0.6) is 5.88 Å².